The fraction of sp³-hybridized carbons (Fsp3) is 0.714. The minimum Gasteiger partial charge on any atom is -0.312 e. The highest BCUT2D eigenvalue weighted by atomic mass is 32.2. The van der Waals surface area contributed by atoms with E-state index in [2.05, 4.69) is 19.2 Å². The first-order valence-corrected chi connectivity index (χ1v) is 9.59. The van der Waals surface area contributed by atoms with Gasteiger partial charge in [-0.2, -0.15) is 0 Å². The summed E-state index contributed by atoms with van der Waals surface area (Å²) in [4.78, 5) is 1.37. The Hall–Kier alpha value is -0.430. The number of nitrogens with one attached hydrogen (secondary N) is 1. The molecule has 1 rings (SSSR count). The van der Waals surface area contributed by atoms with Gasteiger partial charge < -0.3 is 5.32 Å². The molecule has 0 spiro atoms. The normalized spacial score (nSPS) is 12.2. The number of rotatable bonds is 10. The molecule has 1 heterocycles. The van der Waals surface area contributed by atoms with Crippen LogP contribution >= 0.6 is 11.3 Å². The van der Waals surface area contributed by atoms with Crippen LogP contribution in [0.5, 0.6) is 0 Å². The van der Waals surface area contributed by atoms with E-state index in [0.29, 0.717) is 18.0 Å². The van der Waals surface area contributed by atoms with E-state index in [9.17, 15) is 8.42 Å². The lowest BCUT2D eigenvalue weighted by Gasteiger charge is -2.17. The van der Waals surface area contributed by atoms with Gasteiger partial charge in [0, 0.05) is 25.0 Å². The molecule has 1 aromatic heterocycles. The summed E-state index contributed by atoms with van der Waals surface area (Å²) in [5, 5.41) is 5.13. The smallest absolute Gasteiger partial charge is 0.243 e. The van der Waals surface area contributed by atoms with E-state index in [-0.39, 0.29) is 0 Å². The fourth-order valence-corrected chi connectivity index (χ4v) is 4.53. The number of thiophene rings is 1. The molecule has 6 heteroatoms. The predicted octanol–water partition coefficient (Wildman–Crippen LogP) is 3.06. The summed E-state index contributed by atoms with van der Waals surface area (Å²) in [7, 11) is -1.67. The summed E-state index contributed by atoms with van der Waals surface area (Å²) in [6, 6.07) is 1.72. The lowest BCUT2D eigenvalue weighted by Crippen LogP contribution is -2.28. The highest BCUT2D eigenvalue weighted by Crippen LogP contribution is 2.24. The minimum atomic E-state index is -3.34. The number of unbranched alkanes of at least 4 members (excludes halogenated alkanes) is 2. The molecule has 0 radical (unpaired) electrons. The van der Waals surface area contributed by atoms with Crippen molar-refractivity contribution in [1.82, 2.24) is 9.62 Å². The summed E-state index contributed by atoms with van der Waals surface area (Å²) in [6.45, 7) is 6.34. The van der Waals surface area contributed by atoms with Crippen LogP contribution in [0.4, 0.5) is 0 Å². The first-order chi connectivity index (χ1) is 9.54. The largest absolute Gasteiger partial charge is 0.312 e. The molecule has 0 saturated heterocycles. The van der Waals surface area contributed by atoms with E-state index in [0.717, 1.165) is 37.1 Å². The number of hydrogen-bond donors (Lipinski definition) is 1. The molecule has 20 heavy (non-hydrogen) atoms. The van der Waals surface area contributed by atoms with Gasteiger partial charge in [0.25, 0.3) is 0 Å². The van der Waals surface area contributed by atoms with Crippen LogP contribution < -0.4 is 5.32 Å². The van der Waals surface area contributed by atoms with E-state index >= 15 is 0 Å². The molecule has 0 bridgehead atoms. The van der Waals surface area contributed by atoms with Crippen molar-refractivity contribution < 1.29 is 8.42 Å². The van der Waals surface area contributed by atoms with Crippen LogP contribution in [0.3, 0.4) is 0 Å². The Labute approximate surface area is 127 Å². The van der Waals surface area contributed by atoms with Crippen molar-refractivity contribution in [3.05, 3.63) is 16.3 Å². The molecule has 116 valence electrons. The predicted molar refractivity (Wildman–Crippen MR) is 85.7 cm³/mol. The van der Waals surface area contributed by atoms with Crippen LogP contribution in [0.25, 0.3) is 0 Å². The number of hydrogen-bond acceptors (Lipinski definition) is 4. The van der Waals surface area contributed by atoms with Gasteiger partial charge in [0.15, 0.2) is 0 Å². The van der Waals surface area contributed by atoms with Gasteiger partial charge in [0.05, 0.1) is 4.90 Å². The van der Waals surface area contributed by atoms with Crippen LogP contribution in [0.1, 0.15) is 44.4 Å². The standard InChI is InChI=1S/C14H26N2O2S2/c1-4-6-7-10-16(3)20(17,18)14-8-11-19-13(14)12-15-9-5-2/h8,11,15H,4-7,9-10,12H2,1-3H3. The summed E-state index contributed by atoms with van der Waals surface area (Å²) in [5.74, 6) is 0. The van der Waals surface area contributed by atoms with Gasteiger partial charge in [-0.15, -0.1) is 11.3 Å². The number of nitrogens with zero attached hydrogens (tertiary/aromatic N) is 1. The topological polar surface area (TPSA) is 49.4 Å². The second-order valence-corrected chi connectivity index (χ2v) is 7.93. The van der Waals surface area contributed by atoms with Crippen molar-refractivity contribution in [2.24, 2.45) is 0 Å². The van der Waals surface area contributed by atoms with Gasteiger partial charge in [0.1, 0.15) is 0 Å². The van der Waals surface area contributed by atoms with E-state index in [1.807, 2.05) is 5.38 Å². The Morgan fingerprint density at radius 2 is 2.00 bits per heavy atom. The maximum Gasteiger partial charge on any atom is 0.243 e. The van der Waals surface area contributed by atoms with Crippen LogP contribution in [0.15, 0.2) is 16.3 Å². The molecule has 0 aliphatic rings. The minimum absolute atomic E-state index is 0.463. The zero-order valence-electron chi connectivity index (χ0n) is 12.7. The summed E-state index contributed by atoms with van der Waals surface area (Å²) in [5.41, 5.74) is 0. The van der Waals surface area contributed by atoms with Gasteiger partial charge in [-0.05, 0) is 30.8 Å². The molecule has 0 unspecified atom stereocenters. The lowest BCUT2D eigenvalue weighted by molar-refractivity contribution is 0.453. The second-order valence-electron chi connectivity index (χ2n) is 4.92. The van der Waals surface area contributed by atoms with Crippen LogP contribution in [-0.2, 0) is 16.6 Å². The maximum atomic E-state index is 12.5. The third-order valence-electron chi connectivity index (χ3n) is 3.18. The Bertz CT molecular complexity index is 483. The van der Waals surface area contributed by atoms with Gasteiger partial charge in [-0.3, -0.25) is 0 Å². The summed E-state index contributed by atoms with van der Waals surface area (Å²) < 4.78 is 26.6. The zero-order valence-corrected chi connectivity index (χ0v) is 14.3. The maximum absolute atomic E-state index is 12.5. The Kier molecular flexibility index (Phi) is 7.72. The molecule has 0 fully saturated rings. The van der Waals surface area contributed by atoms with E-state index in [1.165, 1.54) is 15.6 Å². The van der Waals surface area contributed by atoms with Gasteiger partial charge in [0.2, 0.25) is 10.0 Å². The zero-order chi connectivity index (χ0) is 15.0. The van der Waals surface area contributed by atoms with Crippen molar-refractivity contribution >= 4 is 21.4 Å². The quantitative estimate of drug-likeness (QED) is 0.675. The van der Waals surface area contributed by atoms with Gasteiger partial charge in [-0.25, -0.2) is 12.7 Å². The second kappa shape index (κ2) is 8.77. The molecule has 1 aromatic rings. The van der Waals surface area contributed by atoms with Gasteiger partial charge in [-0.1, -0.05) is 26.7 Å². The van der Waals surface area contributed by atoms with Crippen LogP contribution in [0, 0.1) is 0 Å². The van der Waals surface area contributed by atoms with Crippen molar-refractivity contribution in [1.29, 1.82) is 0 Å². The van der Waals surface area contributed by atoms with Crippen molar-refractivity contribution in [2.75, 3.05) is 20.1 Å². The van der Waals surface area contributed by atoms with E-state index in [1.54, 1.807) is 13.1 Å². The van der Waals surface area contributed by atoms with E-state index in [4.69, 9.17) is 0 Å². The van der Waals surface area contributed by atoms with Crippen LogP contribution in [0.2, 0.25) is 0 Å². The van der Waals surface area contributed by atoms with Crippen molar-refractivity contribution in [3.8, 4) is 0 Å². The summed E-state index contributed by atoms with van der Waals surface area (Å²) in [6.07, 6.45) is 4.12. The first-order valence-electron chi connectivity index (χ1n) is 7.27. The van der Waals surface area contributed by atoms with Crippen LogP contribution in [-0.4, -0.2) is 32.9 Å². The fourth-order valence-electron chi connectivity index (χ4n) is 1.94. The molecule has 0 amide bonds. The Balaban J connectivity index is 2.74. The summed E-state index contributed by atoms with van der Waals surface area (Å²) >= 11 is 1.50. The third kappa shape index (κ3) is 4.84. The molecule has 0 aliphatic heterocycles. The molecule has 0 atom stereocenters. The Morgan fingerprint density at radius 1 is 1.25 bits per heavy atom. The molecule has 1 N–H and O–H groups in total. The van der Waals surface area contributed by atoms with E-state index < -0.39 is 10.0 Å². The highest BCUT2D eigenvalue weighted by Gasteiger charge is 2.24. The molecule has 0 saturated carbocycles. The van der Waals surface area contributed by atoms with Gasteiger partial charge >= 0.3 is 0 Å². The van der Waals surface area contributed by atoms with Crippen molar-refractivity contribution in [2.45, 2.75) is 51.0 Å². The Morgan fingerprint density at radius 3 is 2.65 bits per heavy atom. The molecule has 0 aliphatic carbocycles. The molecule has 4 nitrogen and oxygen atoms in total. The highest BCUT2D eigenvalue weighted by molar-refractivity contribution is 7.89. The molecular weight excluding hydrogens is 292 g/mol. The first kappa shape index (κ1) is 17.6. The SMILES string of the molecule is CCCCCN(C)S(=O)(=O)c1ccsc1CNCCC. The molecule has 0 aromatic carbocycles. The average molecular weight is 319 g/mol. The third-order valence-corrected chi connectivity index (χ3v) is 6.17. The lowest BCUT2D eigenvalue weighted by atomic mass is 10.2. The molecular formula is C14H26N2O2S2. The monoisotopic (exact) mass is 318 g/mol. The number of sulfonamides is 1. The average Bonchev–Trinajstić information content (AvgIpc) is 2.88. The van der Waals surface area contributed by atoms with Crippen molar-refractivity contribution in [3.63, 3.8) is 0 Å².